The summed E-state index contributed by atoms with van der Waals surface area (Å²) in [6, 6.07) is 7.79. The molecule has 2 rings (SSSR count). The maximum Gasteiger partial charge on any atom is 0.0779 e. The van der Waals surface area contributed by atoms with Gasteiger partial charge in [0.1, 0.15) is 0 Å². The minimum atomic E-state index is -0.190. The fourth-order valence-corrected chi connectivity index (χ4v) is 1.96. The van der Waals surface area contributed by atoms with E-state index in [2.05, 4.69) is 16.1 Å². The third kappa shape index (κ3) is 1.45. The van der Waals surface area contributed by atoms with Crippen molar-refractivity contribution in [3.63, 3.8) is 0 Å². The SMILES string of the molecule is [N-]=[N+]=NC1c2ccccc2CCC1N. The zero-order valence-electron chi connectivity index (χ0n) is 7.80. The average molecular weight is 188 g/mol. The van der Waals surface area contributed by atoms with Crippen molar-refractivity contribution in [3.8, 4) is 0 Å². The molecule has 0 spiro atoms. The summed E-state index contributed by atoms with van der Waals surface area (Å²) in [7, 11) is 0. The lowest BCUT2D eigenvalue weighted by atomic mass is 9.85. The van der Waals surface area contributed by atoms with Crippen LogP contribution in [0.5, 0.6) is 0 Å². The Morgan fingerprint density at radius 2 is 2.21 bits per heavy atom. The van der Waals surface area contributed by atoms with Gasteiger partial charge in [-0.05, 0) is 29.5 Å². The van der Waals surface area contributed by atoms with E-state index in [1.165, 1.54) is 5.56 Å². The number of azide groups is 1. The van der Waals surface area contributed by atoms with Gasteiger partial charge in [0.05, 0.1) is 6.04 Å². The van der Waals surface area contributed by atoms with Crippen LogP contribution in [0.2, 0.25) is 0 Å². The summed E-state index contributed by atoms with van der Waals surface area (Å²) in [6.45, 7) is 0. The number of hydrogen-bond donors (Lipinski definition) is 1. The Labute approximate surface area is 82.4 Å². The molecule has 1 aliphatic rings. The highest BCUT2D eigenvalue weighted by atomic mass is 15.2. The zero-order chi connectivity index (χ0) is 9.97. The van der Waals surface area contributed by atoms with Crippen LogP contribution in [0, 0.1) is 0 Å². The van der Waals surface area contributed by atoms with Gasteiger partial charge in [0.15, 0.2) is 0 Å². The molecule has 4 nitrogen and oxygen atoms in total. The van der Waals surface area contributed by atoms with E-state index in [4.69, 9.17) is 11.3 Å². The summed E-state index contributed by atoms with van der Waals surface area (Å²) in [5, 5.41) is 3.76. The van der Waals surface area contributed by atoms with Gasteiger partial charge in [-0.3, -0.25) is 0 Å². The minimum absolute atomic E-state index is 0.0409. The molecule has 72 valence electrons. The first-order chi connectivity index (χ1) is 6.83. The van der Waals surface area contributed by atoms with Gasteiger partial charge in [0.25, 0.3) is 0 Å². The number of nitrogens with two attached hydrogens (primary N) is 1. The molecule has 1 aromatic rings. The second-order valence-electron chi connectivity index (χ2n) is 3.55. The highest BCUT2D eigenvalue weighted by Crippen LogP contribution is 2.31. The van der Waals surface area contributed by atoms with E-state index < -0.39 is 0 Å². The molecule has 2 N–H and O–H groups in total. The maximum atomic E-state index is 8.46. The van der Waals surface area contributed by atoms with E-state index in [1.807, 2.05) is 18.2 Å². The Hall–Kier alpha value is -1.51. The lowest BCUT2D eigenvalue weighted by molar-refractivity contribution is 0.480. The quantitative estimate of drug-likeness (QED) is 0.410. The van der Waals surface area contributed by atoms with Crippen molar-refractivity contribution in [2.45, 2.75) is 24.9 Å². The van der Waals surface area contributed by atoms with Gasteiger partial charge in [0.2, 0.25) is 0 Å². The van der Waals surface area contributed by atoms with E-state index in [9.17, 15) is 0 Å². The number of nitrogens with zero attached hydrogens (tertiary/aromatic N) is 3. The van der Waals surface area contributed by atoms with Gasteiger partial charge in [-0.1, -0.05) is 29.4 Å². The number of benzene rings is 1. The smallest absolute Gasteiger partial charge is 0.0779 e. The molecule has 0 saturated heterocycles. The van der Waals surface area contributed by atoms with Crippen LogP contribution in [-0.4, -0.2) is 6.04 Å². The second kappa shape index (κ2) is 3.70. The molecule has 0 fully saturated rings. The van der Waals surface area contributed by atoms with Gasteiger partial charge in [-0.2, -0.15) is 0 Å². The number of fused-ring (bicyclic) bond motifs is 1. The van der Waals surface area contributed by atoms with E-state index >= 15 is 0 Å². The van der Waals surface area contributed by atoms with Crippen LogP contribution in [0.25, 0.3) is 10.4 Å². The van der Waals surface area contributed by atoms with Crippen LogP contribution >= 0.6 is 0 Å². The molecular weight excluding hydrogens is 176 g/mol. The van der Waals surface area contributed by atoms with Gasteiger partial charge in [-0.15, -0.1) is 0 Å². The van der Waals surface area contributed by atoms with E-state index in [0.29, 0.717) is 0 Å². The van der Waals surface area contributed by atoms with Crippen molar-refractivity contribution in [1.82, 2.24) is 0 Å². The molecular formula is C10H12N4. The van der Waals surface area contributed by atoms with Crippen LogP contribution in [-0.2, 0) is 6.42 Å². The Kier molecular flexibility index (Phi) is 2.39. The van der Waals surface area contributed by atoms with Crippen LogP contribution in [0.15, 0.2) is 29.4 Å². The molecule has 0 bridgehead atoms. The van der Waals surface area contributed by atoms with Crippen molar-refractivity contribution in [3.05, 3.63) is 45.8 Å². The third-order valence-electron chi connectivity index (χ3n) is 2.70. The summed E-state index contributed by atoms with van der Waals surface area (Å²) in [5.74, 6) is 0. The molecule has 4 heteroatoms. The summed E-state index contributed by atoms with van der Waals surface area (Å²) in [4.78, 5) is 2.85. The van der Waals surface area contributed by atoms with E-state index in [1.54, 1.807) is 0 Å². The minimum Gasteiger partial charge on any atom is -0.327 e. The molecule has 0 amide bonds. The van der Waals surface area contributed by atoms with Crippen molar-refractivity contribution >= 4 is 0 Å². The molecule has 1 aromatic carbocycles. The Balaban J connectivity index is 2.45. The Morgan fingerprint density at radius 1 is 1.43 bits per heavy atom. The van der Waals surface area contributed by atoms with E-state index in [-0.39, 0.29) is 12.1 Å². The highest BCUT2D eigenvalue weighted by Gasteiger charge is 2.25. The summed E-state index contributed by atoms with van der Waals surface area (Å²) >= 11 is 0. The standard InChI is InChI=1S/C10H12N4/c11-9-6-5-7-3-1-2-4-8(7)10(9)13-14-12/h1-4,9-10H,5-6,11H2. The predicted octanol–water partition coefficient (Wildman–Crippen LogP) is 2.31. The molecule has 0 heterocycles. The number of hydrogen-bond acceptors (Lipinski definition) is 2. The first-order valence-corrected chi connectivity index (χ1v) is 4.70. The van der Waals surface area contributed by atoms with Gasteiger partial charge < -0.3 is 5.73 Å². The fourth-order valence-electron chi connectivity index (χ4n) is 1.96. The van der Waals surface area contributed by atoms with Crippen molar-refractivity contribution in [1.29, 1.82) is 0 Å². The highest BCUT2D eigenvalue weighted by molar-refractivity contribution is 5.33. The lowest BCUT2D eigenvalue weighted by Crippen LogP contribution is -2.31. The van der Waals surface area contributed by atoms with E-state index in [0.717, 1.165) is 18.4 Å². The van der Waals surface area contributed by atoms with Gasteiger partial charge in [-0.25, -0.2) is 0 Å². The fraction of sp³-hybridized carbons (Fsp3) is 0.400. The molecule has 2 atom stereocenters. The molecule has 0 saturated carbocycles. The molecule has 2 unspecified atom stereocenters. The molecule has 0 aromatic heterocycles. The average Bonchev–Trinajstić information content (AvgIpc) is 2.23. The topological polar surface area (TPSA) is 74.8 Å². The second-order valence-corrected chi connectivity index (χ2v) is 3.55. The molecule has 0 radical (unpaired) electrons. The lowest BCUT2D eigenvalue weighted by Gasteiger charge is -2.27. The van der Waals surface area contributed by atoms with Gasteiger partial charge >= 0.3 is 0 Å². The molecule has 1 aliphatic carbocycles. The molecule has 14 heavy (non-hydrogen) atoms. The van der Waals surface area contributed by atoms with Crippen molar-refractivity contribution < 1.29 is 0 Å². The van der Waals surface area contributed by atoms with Crippen molar-refractivity contribution in [2.24, 2.45) is 10.8 Å². The van der Waals surface area contributed by atoms with Crippen LogP contribution in [0.4, 0.5) is 0 Å². The third-order valence-corrected chi connectivity index (χ3v) is 2.70. The molecule has 0 aliphatic heterocycles. The van der Waals surface area contributed by atoms with Crippen molar-refractivity contribution in [2.75, 3.05) is 0 Å². The predicted molar refractivity (Wildman–Crippen MR) is 54.6 cm³/mol. The zero-order valence-corrected chi connectivity index (χ0v) is 7.80. The maximum absolute atomic E-state index is 8.46. The largest absolute Gasteiger partial charge is 0.327 e. The van der Waals surface area contributed by atoms with Crippen LogP contribution in [0.3, 0.4) is 0 Å². The van der Waals surface area contributed by atoms with Crippen LogP contribution in [0.1, 0.15) is 23.6 Å². The number of rotatable bonds is 1. The van der Waals surface area contributed by atoms with Crippen LogP contribution < -0.4 is 5.73 Å². The summed E-state index contributed by atoms with van der Waals surface area (Å²) < 4.78 is 0. The first-order valence-electron chi connectivity index (χ1n) is 4.70. The summed E-state index contributed by atoms with van der Waals surface area (Å²) in [6.07, 6.45) is 1.87. The number of aryl methyl sites for hydroxylation is 1. The monoisotopic (exact) mass is 188 g/mol. The Bertz CT molecular complexity index is 381. The first kappa shape index (κ1) is 9.06. The summed E-state index contributed by atoms with van der Waals surface area (Å²) in [5.41, 5.74) is 16.7. The Morgan fingerprint density at radius 3 is 3.00 bits per heavy atom. The van der Waals surface area contributed by atoms with Gasteiger partial charge in [0, 0.05) is 11.0 Å². The normalized spacial score (nSPS) is 24.9.